The van der Waals surface area contributed by atoms with Crippen molar-refractivity contribution < 1.29 is 9.15 Å². The fraction of sp³-hybridized carbons (Fsp3) is 0.128. The Morgan fingerprint density at radius 3 is 2.26 bits per heavy atom. The van der Waals surface area contributed by atoms with E-state index in [2.05, 4.69) is 122 Å². The van der Waals surface area contributed by atoms with Gasteiger partial charge in [0.05, 0.1) is 11.2 Å². The van der Waals surface area contributed by atoms with E-state index in [9.17, 15) is 0 Å². The normalized spacial score (nSPS) is 19.8. The second-order valence-corrected chi connectivity index (χ2v) is 14.6. The van der Waals surface area contributed by atoms with Gasteiger partial charge in [-0.05, 0) is 66.8 Å². The first kappa shape index (κ1) is 30.1. The maximum Gasteiger partial charge on any atom is 0.238 e. The Morgan fingerprint density at radius 1 is 0.755 bits per heavy atom. The van der Waals surface area contributed by atoms with Gasteiger partial charge in [-0.15, -0.1) is 0 Å². The van der Waals surface area contributed by atoms with Crippen molar-refractivity contribution in [3.8, 4) is 45.6 Å². The van der Waals surface area contributed by atoms with Gasteiger partial charge in [0.15, 0.2) is 11.6 Å². The lowest BCUT2D eigenvalue weighted by atomic mass is 9.81. The van der Waals surface area contributed by atoms with Gasteiger partial charge in [-0.2, -0.15) is 9.97 Å². The van der Waals surface area contributed by atoms with E-state index < -0.39 is 5.60 Å². The Labute approximate surface area is 306 Å². The largest absolute Gasteiger partial charge is 0.482 e. The van der Waals surface area contributed by atoms with Gasteiger partial charge in [-0.25, -0.2) is 4.98 Å². The summed E-state index contributed by atoms with van der Waals surface area (Å²) in [5.41, 5.74) is 9.91. The molecule has 6 nitrogen and oxygen atoms in total. The lowest BCUT2D eigenvalue weighted by Crippen LogP contribution is -2.32. The Morgan fingerprint density at radius 2 is 1.49 bits per heavy atom. The Bertz CT molecular complexity index is 2820. The topological polar surface area (TPSA) is 66.0 Å². The first-order valence-electron chi connectivity index (χ1n) is 18.3. The summed E-state index contributed by atoms with van der Waals surface area (Å²) in [5.74, 6) is 3.09. The van der Waals surface area contributed by atoms with Crippen molar-refractivity contribution in [1.82, 2.24) is 19.5 Å². The minimum atomic E-state index is -0.415. The van der Waals surface area contributed by atoms with Crippen LogP contribution < -0.4 is 4.74 Å². The molecule has 53 heavy (non-hydrogen) atoms. The summed E-state index contributed by atoms with van der Waals surface area (Å²) in [6.07, 6.45) is 14.1. The number of allylic oxidation sites excluding steroid dienone is 3. The van der Waals surface area contributed by atoms with Gasteiger partial charge in [-0.1, -0.05) is 116 Å². The van der Waals surface area contributed by atoms with Crippen LogP contribution in [0.15, 0.2) is 144 Å². The van der Waals surface area contributed by atoms with E-state index >= 15 is 0 Å². The van der Waals surface area contributed by atoms with Gasteiger partial charge in [0, 0.05) is 44.3 Å². The molecule has 1 aliphatic heterocycles. The summed E-state index contributed by atoms with van der Waals surface area (Å²) in [6.45, 7) is 4.48. The molecule has 3 atom stereocenters. The molecule has 4 heterocycles. The standard InChI is InChI=1S/C47H34N4O2/c1-28-14-13-21-37-40(28)41-42(51(37)46-49-44(29-15-5-3-6-16-29)48-45(50-46)30-17-7-4-8-18-30)33(27-34-32-19-9-10-22-38(32)52-43(34)41)31-23-24-39-35(26-31)36-20-11-12-25-47(36,2)53-39/h3-13,15-28,36H,14H2,1-2H3. The Balaban J connectivity index is 1.28. The van der Waals surface area contributed by atoms with Crippen LogP contribution >= 0.6 is 0 Å². The zero-order chi connectivity index (χ0) is 35.3. The predicted molar refractivity (Wildman–Crippen MR) is 212 cm³/mol. The third-order valence-corrected chi connectivity index (χ3v) is 11.2. The molecule has 0 amide bonds. The number of rotatable bonds is 4. The second kappa shape index (κ2) is 11.2. The zero-order valence-electron chi connectivity index (χ0n) is 29.3. The number of para-hydroxylation sites is 1. The third kappa shape index (κ3) is 4.48. The van der Waals surface area contributed by atoms with Crippen LogP contribution in [0.2, 0.25) is 0 Å². The molecule has 3 aliphatic rings. The monoisotopic (exact) mass is 686 g/mol. The van der Waals surface area contributed by atoms with Gasteiger partial charge in [0.1, 0.15) is 22.5 Å². The van der Waals surface area contributed by atoms with Crippen molar-refractivity contribution in [3.63, 3.8) is 0 Å². The van der Waals surface area contributed by atoms with Gasteiger partial charge in [0.2, 0.25) is 5.95 Å². The molecule has 3 unspecified atom stereocenters. The Kier molecular flexibility index (Phi) is 6.39. The van der Waals surface area contributed by atoms with Gasteiger partial charge < -0.3 is 9.15 Å². The van der Waals surface area contributed by atoms with E-state index in [-0.39, 0.29) is 11.8 Å². The highest BCUT2D eigenvalue weighted by Crippen LogP contribution is 2.52. The lowest BCUT2D eigenvalue weighted by Gasteiger charge is -2.27. The van der Waals surface area contributed by atoms with E-state index in [1.165, 1.54) is 11.1 Å². The van der Waals surface area contributed by atoms with E-state index in [1.54, 1.807) is 0 Å². The van der Waals surface area contributed by atoms with E-state index in [4.69, 9.17) is 24.1 Å². The van der Waals surface area contributed by atoms with Crippen LogP contribution in [0.1, 0.15) is 48.9 Å². The highest BCUT2D eigenvalue weighted by Gasteiger charge is 2.42. The van der Waals surface area contributed by atoms with Crippen molar-refractivity contribution in [1.29, 1.82) is 0 Å². The number of aromatic nitrogens is 4. The fourth-order valence-electron chi connectivity index (χ4n) is 8.71. The first-order valence-corrected chi connectivity index (χ1v) is 18.3. The van der Waals surface area contributed by atoms with Crippen LogP contribution in [0.4, 0.5) is 0 Å². The molecule has 0 N–H and O–H groups in total. The third-order valence-electron chi connectivity index (χ3n) is 11.2. The smallest absolute Gasteiger partial charge is 0.238 e. The number of hydrogen-bond acceptors (Lipinski definition) is 5. The van der Waals surface area contributed by atoms with Crippen LogP contribution in [-0.2, 0) is 0 Å². The minimum Gasteiger partial charge on any atom is -0.482 e. The maximum atomic E-state index is 6.84. The van der Waals surface area contributed by atoms with E-state index in [1.807, 2.05) is 42.5 Å². The summed E-state index contributed by atoms with van der Waals surface area (Å²) in [5, 5.41) is 3.30. The Hall–Kier alpha value is -6.53. The predicted octanol–water partition coefficient (Wildman–Crippen LogP) is 11.6. The number of fused-ring (bicyclic) bond motifs is 10. The van der Waals surface area contributed by atoms with Crippen molar-refractivity contribution in [3.05, 3.63) is 156 Å². The molecule has 6 heteroatoms. The molecule has 8 aromatic rings. The van der Waals surface area contributed by atoms with Crippen molar-refractivity contribution in [2.45, 2.75) is 37.7 Å². The van der Waals surface area contributed by atoms with Crippen LogP contribution in [0.25, 0.3) is 78.8 Å². The molecule has 0 spiro atoms. The zero-order valence-corrected chi connectivity index (χ0v) is 29.3. The number of hydrogen-bond donors (Lipinski definition) is 0. The average Bonchev–Trinajstić information content (AvgIpc) is 3.85. The molecule has 0 radical (unpaired) electrons. The number of benzene rings is 5. The van der Waals surface area contributed by atoms with Crippen LogP contribution in [0, 0.1) is 0 Å². The molecule has 0 fully saturated rings. The summed E-state index contributed by atoms with van der Waals surface area (Å²) in [7, 11) is 0. The number of furan rings is 1. The first-order chi connectivity index (χ1) is 26.0. The highest BCUT2D eigenvalue weighted by molar-refractivity contribution is 6.20. The quantitative estimate of drug-likeness (QED) is 0.184. The molecule has 0 saturated carbocycles. The average molecular weight is 687 g/mol. The molecule has 0 bridgehead atoms. The van der Waals surface area contributed by atoms with Crippen LogP contribution in [0.3, 0.4) is 0 Å². The molecule has 11 rings (SSSR count). The van der Waals surface area contributed by atoms with E-state index in [0.29, 0.717) is 17.6 Å². The maximum absolute atomic E-state index is 6.84. The molecule has 254 valence electrons. The van der Waals surface area contributed by atoms with Gasteiger partial charge in [-0.3, -0.25) is 4.57 Å². The highest BCUT2D eigenvalue weighted by atomic mass is 16.5. The van der Waals surface area contributed by atoms with Gasteiger partial charge in [0.25, 0.3) is 0 Å². The van der Waals surface area contributed by atoms with E-state index in [0.717, 1.165) is 73.0 Å². The van der Waals surface area contributed by atoms with Gasteiger partial charge >= 0.3 is 0 Å². The van der Waals surface area contributed by atoms with Crippen molar-refractivity contribution in [2.75, 3.05) is 0 Å². The number of ether oxygens (including phenoxy) is 1. The van der Waals surface area contributed by atoms with Crippen LogP contribution in [0.5, 0.6) is 5.75 Å². The molecule has 3 aromatic heterocycles. The summed E-state index contributed by atoms with van der Waals surface area (Å²) >= 11 is 0. The lowest BCUT2D eigenvalue weighted by molar-refractivity contribution is 0.155. The summed E-state index contributed by atoms with van der Waals surface area (Å²) in [6, 6.07) is 37.7. The fourth-order valence-corrected chi connectivity index (χ4v) is 8.71. The second-order valence-electron chi connectivity index (χ2n) is 14.6. The minimum absolute atomic E-state index is 0.116. The molecule has 5 aromatic carbocycles. The molecule has 2 aliphatic carbocycles. The van der Waals surface area contributed by atoms with Crippen LogP contribution in [-0.4, -0.2) is 25.1 Å². The SMILES string of the molecule is CC1CC=Cc2c1c1c3oc4ccccc4c3cc(-c3ccc4c(c3)C3C=CC=CC3(C)O4)c1n2-c1nc(-c2ccccc2)nc(-c2ccccc2)n1. The molecular formula is C47H34N4O2. The summed E-state index contributed by atoms with van der Waals surface area (Å²) < 4.78 is 15.7. The summed E-state index contributed by atoms with van der Waals surface area (Å²) in [4.78, 5) is 15.6. The van der Waals surface area contributed by atoms with Crippen molar-refractivity contribution >= 4 is 38.9 Å². The molecular weight excluding hydrogens is 653 g/mol. The van der Waals surface area contributed by atoms with Crippen molar-refractivity contribution in [2.24, 2.45) is 0 Å². The number of nitrogens with zero attached hydrogens (tertiary/aromatic N) is 4. The molecule has 0 saturated heterocycles.